The smallest absolute Gasteiger partial charge is 0.214 e. The van der Waals surface area contributed by atoms with E-state index in [9.17, 15) is 30.6 Å². The zero-order chi connectivity index (χ0) is 24.6. The fourth-order valence-electron chi connectivity index (χ4n) is 4.68. The van der Waals surface area contributed by atoms with E-state index in [1.165, 1.54) is 0 Å². The van der Waals surface area contributed by atoms with Crippen molar-refractivity contribution in [3.63, 3.8) is 0 Å². The molecule has 194 valence electrons. The molecule has 0 radical (unpaired) electrons. The van der Waals surface area contributed by atoms with Gasteiger partial charge in [-0.1, -0.05) is 0 Å². The van der Waals surface area contributed by atoms with Gasteiger partial charge in [-0.2, -0.15) is 0 Å². The van der Waals surface area contributed by atoms with Gasteiger partial charge >= 0.3 is 0 Å². The monoisotopic (exact) mass is 488 g/mol. The molecule has 1 saturated carbocycles. The Hall–Kier alpha value is -0.600. The average molecular weight is 489 g/mol. The van der Waals surface area contributed by atoms with Crippen molar-refractivity contribution >= 4 is 0 Å². The average Bonchev–Trinajstić information content (AvgIpc) is 2.79. The molecule has 15 nitrogen and oxygen atoms in total. The maximum Gasteiger partial charge on any atom is 0.214 e. The largest absolute Gasteiger partial charge is 0.387 e. The van der Waals surface area contributed by atoms with Crippen LogP contribution in [0.5, 0.6) is 0 Å². The van der Waals surface area contributed by atoms with Crippen LogP contribution in [0.2, 0.25) is 0 Å². The second kappa shape index (κ2) is 11.0. The molecule has 15 atom stereocenters. The lowest BCUT2D eigenvalue weighted by Gasteiger charge is -2.46. The standard InChI is InChI=1S/C18H37N5O10/c19-2-6-10(25)12(27)8(23)17(30-6)32-15-5(22)1-4(21)9(24)16(15)33-18-14(29)13(28)11(26)7(3-20)31-18/h4-18,24-29H,1-3,19-23H2/p+5/t4-,5+,6-,7+,8-,9+,10-,11-,12-,13-,14-,15-,16-,17-,18+/m1/s1. The third-order valence-corrected chi connectivity index (χ3v) is 6.86. The van der Waals surface area contributed by atoms with E-state index in [0.29, 0.717) is 6.42 Å². The van der Waals surface area contributed by atoms with Gasteiger partial charge in [-0.15, -0.1) is 0 Å². The topological polar surface area (TPSA) is 296 Å². The molecule has 21 N–H and O–H groups in total. The van der Waals surface area contributed by atoms with E-state index < -0.39 is 91.7 Å². The third-order valence-electron chi connectivity index (χ3n) is 6.86. The van der Waals surface area contributed by atoms with Crippen LogP contribution in [0, 0.1) is 0 Å². The number of hydrogen-bond acceptors (Lipinski definition) is 10. The zero-order valence-electron chi connectivity index (χ0n) is 18.6. The first kappa shape index (κ1) is 27.0. The first-order valence-corrected chi connectivity index (χ1v) is 11.3. The van der Waals surface area contributed by atoms with Crippen LogP contribution in [0.1, 0.15) is 6.42 Å². The summed E-state index contributed by atoms with van der Waals surface area (Å²) in [5, 5.41) is 62.1. The van der Waals surface area contributed by atoms with Gasteiger partial charge in [0, 0.05) is 0 Å². The van der Waals surface area contributed by atoms with Crippen LogP contribution in [-0.2, 0) is 18.9 Å². The summed E-state index contributed by atoms with van der Waals surface area (Å²) in [5.74, 6) is 0. The number of aliphatic hydroxyl groups is 6. The Labute approximate surface area is 190 Å². The minimum Gasteiger partial charge on any atom is -0.387 e. The van der Waals surface area contributed by atoms with Gasteiger partial charge in [0.2, 0.25) is 6.29 Å². The van der Waals surface area contributed by atoms with Crippen molar-refractivity contribution in [2.75, 3.05) is 13.1 Å². The highest BCUT2D eigenvalue weighted by molar-refractivity contribution is 4.97. The zero-order valence-corrected chi connectivity index (χ0v) is 18.6. The van der Waals surface area contributed by atoms with Crippen LogP contribution in [0.25, 0.3) is 0 Å². The molecule has 0 bridgehead atoms. The van der Waals surface area contributed by atoms with Crippen molar-refractivity contribution < 1.29 is 78.3 Å². The van der Waals surface area contributed by atoms with Gasteiger partial charge in [0.1, 0.15) is 86.2 Å². The fourth-order valence-corrected chi connectivity index (χ4v) is 4.68. The lowest BCUT2D eigenvalue weighted by molar-refractivity contribution is -0.537. The molecule has 0 aromatic rings. The second-order valence-electron chi connectivity index (χ2n) is 9.23. The molecule has 0 aromatic heterocycles. The number of ether oxygens (including phenoxy) is 4. The van der Waals surface area contributed by atoms with Gasteiger partial charge in [-0.25, -0.2) is 0 Å². The molecule has 3 aliphatic rings. The molecule has 0 spiro atoms. The highest BCUT2D eigenvalue weighted by Crippen LogP contribution is 2.30. The Morgan fingerprint density at radius 1 is 0.606 bits per heavy atom. The van der Waals surface area contributed by atoms with E-state index in [1.54, 1.807) is 0 Å². The predicted octanol–water partition coefficient (Wildman–Crippen LogP) is -10.9. The van der Waals surface area contributed by atoms with Crippen molar-refractivity contribution in [1.82, 2.24) is 0 Å². The summed E-state index contributed by atoms with van der Waals surface area (Å²) in [7, 11) is 0. The lowest BCUT2D eigenvalue weighted by Crippen LogP contribution is -2.84. The molecule has 2 aliphatic heterocycles. The molecule has 1 aliphatic carbocycles. The van der Waals surface area contributed by atoms with Gasteiger partial charge < -0.3 is 78.3 Å². The molecule has 3 fully saturated rings. The quantitative estimate of drug-likeness (QED) is 0.168. The van der Waals surface area contributed by atoms with Crippen LogP contribution < -0.4 is 28.7 Å². The molecular weight excluding hydrogens is 446 g/mol. The van der Waals surface area contributed by atoms with Crippen molar-refractivity contribution in [3.8, 4) is 0 Å². The van der Waals surface area contributed by atoms with Crippen molar-refractivity contribution in [2.45, 2.75) is 98.2 Å². The Morgan fingerprint density at radius 2 is 1.12 bits per heavy atom. The summed E-state index contributed by atoms with van der Waals surface area (Å²) < 4.78 is 23.4. The van der Waals surface area contributed by atoms with Crippen molar-refractivity contribution in [1.29, 1.82) is 0 Å². The molecule has 0 unspecified atom stereocenters. The first-order valence-electron chi connectivity index (χ1n) is 11.3. The first-order chi connectivity index (χ1) is 15.5. The summed E-state index contributed by atoms with van der Waals surface area (Å²) in [6, 6.07) is -1.76. The molecule has 2 saturated heterocycles. The SMILES string of the molecule is [NH3+]C[C@@H]1O[C@@H](O[C@@H]2[C@@H](O)[C@H]([NH3+])C[C@H]([NH3+])[C@H]2O[C@H]2O[C@H](C[NH3+])[C@@H](O)[C@H](O)[C@H]2[NH3+])[C@H](O)[C@H](O)[C@@H]1O. The summed E-state index contributed by atoms with van der Waals surface area (Å²) in [6.45, 7) is 0.293. The van der Waals surface area contributed by atoms with E-state index in [2.05, 4.69) is 28.7 Å². The summed E-state index contributed by atoms with van der Waals surface area (Å²) in [5.41, 5.74) is 19.3. The van der Waals surface area contributed by atoms with E-state index >= 15 is 0 Å². The normalized spacial score (nSPS) is 53.7. The van der Waals surface area contributed by atoms with Gasteiger partial charge in [-0.05, 0) is 0 Å². The van der Waals surface area contributed by atoms with E-state index in [-0.39, 0.29) is 13.1 Å². The van der Waals surface area contributed by atoms with Crippen LogP contribution in [0.3, 0.4) is 0 Å². The van der Waals surface area contributed by atoms with Gasteiger partial charge in [0.25, 0.3) is 0 Å². The Balaban J connectivity index is 1.80. The van der Waals surface area contributed by atoms with E-state index in [1.807, 2.05) is 0 Å². The molecule has 0 aromatic carbocycles. The van der Waals surface area contributed by atoms with Gasteiger partial charge in [0.15, 0.2) is 12.3 Å². The van der Waals surface area contributed by atoms with Crippen LogP contribution >= 0.6 is 0 Å². The van der Waals surface area contributed by atoms with Crippen LogP contribution in [0.4, 0.5) is 0 Å². The highest BCUT2D eigenvalue weighted by atomic mass is 16.7. The predicted molar refractivity (Wildman–Crippen MR) is 103 cm³/mol. The molecular formula is C18H42N5O10+5. The van der Waals surface area contributed by atoms with Crippen LogP contribution in [0.15, 0.2) is 0 Å². The van der Waals surface area contributed by atoms with Crippen molar-refractivity contribution in [2.24, 2.45) is 0 Å². The summed E-state index contributed by atoms with van der Waals surface area (Å²) in [6.07, 6.45) is -13.7. The number of hydrogen-bond donors (Lipinski definition) is 11. The van der Waals surface area contributed by atoms with Crippen LogP contribution in [-0.4, -0.2) is 135 Å². The summed E-state index contributed by atoms with van der Waals surface area (Å²) in [4.78, 5) is 0. The van der Waals surface area contributed by atoms with Gasteiger partial charge in [0.05, 0.1) is 6.42 Å². The Bertz CT molecular complexity index is 635. The number of rotatable bonds is 6. The fraction of sp³-hybridized carbons (Fsp3) is 1.00. The molecule has 15 heteroatoms. The van der Waals surface area contributed by atoms with Gasteiger partial charge in [-0.3, -0.25) is 0 Å². The Kier molecular flexibility index (Phi) is 8.99. The molecule has 2 heterocycles. The molecule has 0 amide bonds. The Morgan fingerprint density at radius 3 is 1.70 bits per heavy atom. The third kappa shape index (κ3) is 5.32. The number of aliphatic hydroxyl groups excluding tert-OH is 6. The maximum absolute atomic E-state index is 10.9. The molecule has 33 heavy (non-hydrogen) atoms. The molecule has 3 rings (SSSR count). The summed E-state index contributed by atoms with van der Waals surface area (Å²) >= 11 is 0. The minimum absolute atomic E-state index is 0.111. The minimum atomic E-state index is -1.59. The number of quaternary nitrogens is 5. The maximum atomic E-state index is 10.9. The van der Waals surface area contributed by atoms with E-state index in [4.69, 9.17) is 18.9 Å². The van der Waals surface area contributed by atoms with E-state index in [0.717, 1.165) is 0 Å². The second-order valence-corrected chi connectivity index (χ2v) is 9.23. The highest BCUT2D eigenvalue weighted by Gasteiger charge is 2.54. The lowest BCUT2D eigenvalue weighted by atomic mass is 9.84. The van der Waals surface area contributed by atoms with Crippen molar-refractivity contribution in [3.05, 3.63) is 0 Å².